The van der Waals surface area contributed by atoms with E-state index in [-0.39, 0.29) is 18.3 Å². The molecule has 5 heteroatoms. The third-order valence-corrected chi connectivity index (χ3v) is 3.16. The molecular weight excluding hydrogens is 250 g/mol. The summed E-state index contributed by atoms with van der Waals surface area (Å²) in [5.41, 5.74) is 5.69. The van der Waals surface area contributed by atoms with Gasteiger partial charge in [0, 0.05) is 25.7 Å². The molecule has 1 unspecified atom stereocenters. The highest BCUT2D eigenvalue weighted by Crippen LogP contribution is 2.15. The van der Waals surface area contributed by atoms with Crippen molar-refractivity contribution in [3.63, 3.8) is 0 Å². The molecule has 0 aromatic heterocycles. The SMILES string of the molecule is C=CCN(CC=C)C(=O)CN1CCCC1CN.Cl. The molecule has 1 heterocycles. The van der Waals surface area contributed by atoms with Gasteiger partial charge in [-0.25, -0.2) is 0 Å². The van der Waals surface area contributed by atoms with Crippen LogP contribution in [0.1, 0.15) is 12.8 Å². The van der Waals surface area contributed by atoms with Crippen LogP contribution in [0.25, 0.3) is 0 Å². The van der Waals surface area contributed by atoms with Crippen molar-refractivity contribution in [1.82, 2.24) is 9.80 Å². The molecule has 0 spiro atoms. The van der Waals surface area contributed by atoms with Crippen LogP contribution in [0.15, 0.2) is 25.3 Å². The monoisotopic (exact) mass is 273 g/mol. The minimum absolute atomic E-state index is 0. The van der Waals surface area contributed by atoms with E-state index in [1.54, 1.807) is 17.1 Å². The summed E-state index contributed by atoms with van der Waals surface area (Å²) in [4.78, 5) is 16.0. The molecule has 104 valence electrons. The smallest absolute Gasteiger partial charge is 0.237 e. The van der Waals surface area contributed by atoms with Crippen LogP contribution in [0.2, 0.25) is 0 Å². The van der Waals surface area contributed by atoms with E-state index in [1.165, 1.54) is 0 Å². The number of nitrogens with zero attached hydrogens (tertiary/aromatic N) is 2. The van der Waals surface area contributed by atoms with Gasteiger partial charge in [-0.15, -0.1) is 25.6 Å². The Morgan fingerprint density at radius 2 is 2.00 bits per heavy atom. The number of likely N-dealkylation sites (tertiary alicyclic amines) is 1. The lowest BCUT2D eigenvalue weighted by Crippen LogP contribution is -2.44. The Balaban J connectivity index is 0.00000289. The molecule has 0 bridgehead atoms. The molecular formula is C13H24ClN3O. The molecule has 2 N–H and O–H groups in total. The van der Waals surface area contributed by atoms with Gasteiger partial charge in [-0.2, -0.15) is 0 Å². The van der Waals surface area contributed by atoms with Crippen LogP contribution in [0.5, 0.6) is 0 Å². The van der Waals surface area contributed by atoms with Crippen LogP contribution in [-0.4, -0.2) is 54.5 Å². The van der Waals surface area contributed by atoms with E-state index < -0.39 is 0 Å². The van der Waals surface area contributed by atoms with E-state index in [0.717, 1.165) is 19.4 Å². The number of hydrogen-bond donors (Lipinski definition) is 1. The fraction of sp³-hybridized carbons (Fsp3) is 0.615. The Bertz CT molecular complexity index is 273. The number of nitrogens with two attached hydrogens (primary N) is 1. The van der Waals surface area contributed by atoms with Gasteiger partial charge < -0.3 is 10.6 Å². The zero-order chi connectivity index (χ0) is 12.7. The third-order valence-electron chi connectivity index (χ3n) is 3.16. The highest BCUT2D eigenvalue weighted by Gasteiger charge is 2.26. The van der Waals surface area contributed by atoms with Gasteiger partial charge in [0.05, 0.1) is 6.54 Å². The summed E-state index contributed by atoms with van der Waals surface area (Å²) >= 11 is 0. The number of hydrogen-bond acceptors (Lipinski definition) is 3. The summed E-state index contributed by atoms with van der Waals surface area (Å²) in [7, 11) is 0. The van der Waals surface area contributed by atoms with Crippen LogP contribution in [0, 0.1) is 0 Å². The van der Waals surface area contributed by atoms with Crippen molar-refractivity contribution in [2.45, 2.75) is 18.9 Å². The van der Waals surface area contributed by atoms with Gasteiger partial charge in [-0.3, -0.25) is 9.69 Å². The van der Waals surface area contributed by atoms with Crippen molar-refractivity contribution in [3.8, 4) is 0 Å². The molecule has 0 aromatic rings. The Hall–Kier alpha value is -0.840. The van der Waals surface area contributed by atoms with Gasteiger partial charge in [0.25, 0.3) is 0 Å². The zero-order valence-corrected chi connectivity index (χ0v) is 11.7. The van der Waals surface area contributed by atoms with Crippen molar-refractivity contribution in [1.29, 1.82) is 0 Å². The second-order valence-electron chi connectivity index (χ2n) is 4.38. The van der Waals surface area contributed by atoms with Crippen LogP contribution < -0.4 is 5.73 Å². The Morgan fingerprint density at radius 1 is 1.39 bits per heavy atom. The fourth-order valence-electron chi connectivity index (χ4n) is 2.23. The molecule has 1 rings (SSSR count). The van der Waals surface area contributed by atoms with Gasteiger partial charge in [-0.05, 0) is 19.4 Å². The minimum atomic E-state index is 0. The van der Waals surface area contributed by atoms with Gasteiger partial charge in [0.2, 0.25) is 5.91 Å². The van der Waals surface area contributed by atoms with Crippen LogP contribution in [-0.2, 0) is 4.79 Å². The van der Waals surface area contributed by atoms with E-state index in [2.05, 4.69) is 18.1 Å². The van der Waals surface area contributed by atoms with Crippen molar-refractivity contribution in [2.24, 2.45) is 5.73 Å². The first-order valence-electron chi connectivity index (χ1n) is 6.16. The Labute approximate surface area is 116 Å². The summed E-state index contributed by atoms with van der Waals surface area (Å²) in [5, 5.41) is 0. The number of carbonyl (C=O) groups is 1. The first kappa shape index (κ1) is 17.2. The van der Waals surface area contributed by atoms with Gasteiger partial charge in [0.1, 0.15) is 0 Å². The maximum atomic E-state index is 12.1. The van der Waals surface area contributed by atoms with Crippen LogP contribution >= 0.6 is 12.4 Å². The Morgan fingerprint density at radius 3 is 2.50 bits per heavy atom. The van der Waals surface area contributed by atoms with Gasteiger partial charge in [-0.1, -0.05) is 12.2 Å². The second kappa shape index (κ2) is 9.14. The molecule has 1 aliphatic heterocycles. The molecule has 0 saturated carbocycles. The fourth-order valence-corrected chi connectivity index (χ4v) is 2.23. The lowest BCUT2D eigenvalue weighted by Gasteiger charge is -2.26. The molecule has 4 nitrogen and oxygen atoms in total. The Kier molecular flexibility index (Phi) is 8.71. The second-order valence-corrected chi connectivity index (χ2v) is 4.38. The minimum Gasteiger partial charge on any atom is -0.334 e. The highest BCUT2D eigenvalue weighted by atomic mass is 35.5. The summed E-state index contributed by atoms with van der Waals surface area (Å²) in [6, 6.07) is 0.369. The molecule has 1 fully saturated rings. The van der Waals surface area contributed by atoms with E-state index in [1.807, 2.05) is 0 Å². The summed E-state index contributed by atoms with van der Waals surface area (Å²) in [5.74, 6) is 0.130. The lowest BCUT2D eigenvalue weighted by molar-refractivity contribution is -0.131. The first-order valence-corrected chi connectivity index (χ1v) is 6.16. The number of carbonyl (C=O) groups excluding carboxylic acids is 1. The topological polar surface area (TPSA) is 49.6 Å². The molecule has 1 atom stereocenters. The van der Waals surface area contributed by atoms with E-state index in [0.29, 0.717) is 32.2 Å². The molecule has 1 saturated heterocycles. The maximum absolute atomic E-state index is 12.1. The van der Waals surface area contributed by atoms with Crippen LogP contribution in [0.3, 0.4) is 0 Å². The quantitative estimate of drug-likeness (QED) is 0.705. The third kappa shape index (κ3) is 4.80. The predicted octanol–water partition coefficient (Wildman–Crippen LogP) is 1.03. The van der Waals surface area contributed by atoms with E-state index in [4.69, 9.17) is 5.73 Å². The van der Waals surface area contributed by atoms with Crippen LogP contribution in [0.4, 0.5) is 0 Å². The van der Waals surface area contributed by atoms with Gasteiger partial charge >= 0.3 is 0 Å². The van der Waals surface area contributed by atoms with Crippen molar-refractivity contribution < 1.29 is 4.79 Å². The highest BCUT2D eigenvalue weighted by molar-refractivity contribution is 5.85. The number of halogens is 1. The van der Waals surface area contributed by atoms with E-state index in [9.17, 15) is 4.79 Å². The molecule has 18 heavy (non-hydrogen) atoms. The zero-order valence-electron chi connectivity index (χ0n) is 10.9. The molecule has 0 aromatic carbocycles. The first-order chi connectivity index (χ1) is 8.22. The number of amides is 1. The van der Waals surface area contributed by atoms with Crippen molar-refractivity contribution in [3.05, 3.63) is 25.3 Å². The average molecular weight is 274 g/mol. The summed E-state index contributed by atoms with van der Waals surface area (Å²) in [6.45, 7) is 10.6. The molecule has 1 amide bonds. The molecule has 1 aliphatic rings. The molecule has 0 aliphatic carbocycles. The average Bonchev–Trinajstić information content (AvgIpc) is 2.76. The largest absolute Gasteiger partial charge is 0.334 e. The van der Waals surface area contributed by atoms with E-state index >= 15 is 0 Å². The van der Waals surface area contributed by atoms with Crippen molar-refractivity contribution in [2.75, 3.05) is 32.7 Å². The standard InChI is InChI=1S/C13H23N3O.ClH/c1-3-7-15(8-4-2)13(17)11-16-9-5-6-12(16)10-14;/h3-4,12H,1-2,5-11,14H2;1H. The lowest BCUT2D eigenvalue weighted by atomic mass is 10.2. The summed E-state index contributed by atoms with van der Waals surface area (Å²) < 4.78 is 0. The summed E-state index contributed by atoms with van der Waals surface area (Å²) in [6.07, 6.45) is 5.72. The maximum Gasteiger partial charge on any atom is 0.237 e. The molecule has 0 radical (unpaired) electrons. The normalized spacial score (nSPS) is 19.1. The number of rotatable bonds is 7. The van der Waals surface area contributed by atoms with Crippen molar-refractivity contribution >= 4 is 18.3 Å². The predicted molar refractivity (Wildman–Crippen MR) is 77.9 cm³/mol. The van der Waals surface area contributed by atoms with Gasteiger partial charge in [0.15, 0.2) is 0 Å².